The molecule has 0 fully saturated rings. The minimum absolute atomic E-state index is 0.145. The van der Waals surface area contributed by atoms with E-state index in [1.165, 1.54) is 6.08 Å². The minimum Gasteiger partial charge on any atom is -0.309 e. The first-order valence-electron chi connectivity index (χ1n) is 10.2. The Morgan fingerprint density at radius 2 is 1.78 bits per heavy atom. The maximum absolute atomic E-state index is 12.8. The number of nitriles is 1. The normalized spacial score (nSPS) is 13.4. The summed E-state index contributed by atoms with van der Waals surface area (Å²) in [4.78, 5) is 14.7. The first-order chi connectivity index (χ1) is 15.5. The van der Waals surface area contributed by atoms with Gasteiger partial charge in [0, 0.05) is 24.0 Å². The molecule has 1 aliphatic rings. The van der Waals surface area contributed by atoms with Crippen molar-refractivity contribution in [3.8, 4) is 6.07 Å². The molecule has 7 heteroatoms. The smallest absolute Gasteiger partial charge is 0.261 e. The molecule has 4 rings (SSSR count). The van der Waals surface area contributed by atoms with Crippen LogP contribution in [0.15, 0.2) is 83.8 Å². The monoisotopic (exact) mass is 443 g/mol. The van der Waals surface area contributed by atoms with Crippen LogP contribution in [0.3, 0.4) is 0 Å². The summed E-state index contributed by atoms with van der Waals surface area (Å²) in [6.45, 7) is 0.596. The van der Waals surface area contributed by atoms with E-state index in [0.717, 1.165) is 29.7 Å². The molecule has 6 nitrogen and oxygen atoms in total. The van der Waals surface area contributed by atoms with Crippen LogP contribution < -0.4 is 9.62 Å². The Kier molecular flexibility index (Phi) is 6.06. The van der Waals surface area contributed by atoms with Crippen molar-refractivity contribution >= 4 is 33.4 Å². The average Bonchev–Trinajstić information content (AvgIpc) is 2.82. The Morgan fingerprint density at radius 3 is 2.50 bits per heavy atom. The van der Waals surface area contributed by atoms with Crippen molar-refractivity contribution < 1.29 is 13.2 Å². The minimum atomic E-state index is -3.68. The molecule has 0 spiro atoms. The number of rotatable bonds is 5. The van der Waals surface area contributed by atoms with E-state index < -0.39 is 10.0 Å². The summed E-state index contributed by atoms with van der Waals surface area (Å²) in [5.74, 6) is -0.145. The number of carbonyl (C=O) groups is 1. The van der Waals surface area contributed by atoms with Crippen molar-refractivity contribution in [1.29, 1.82) is 5.26 Å². The first-order valence-corrected chi connectivity index (χ1v) is 11.7. The summed E-state index contributed by atoms with van der Waals surface area (Å²) >= 11 is 0. The molecule has 0 saturated carbocycles. The third-order valence-electron chi connectivity index (χ3n) is 5.23. The second-order valence-corrected chi connectivity index (χ2v) is 9.11. The van der Waals surface area contributed by atoms with Crippen LogP contribution in [0, 0.1) is 11.3 Å². The molecule has 0 atom stereocenters. The van der Waals surface area contributed by atoms with Gasteiger partial charge in [-0.2, -0.15) is 5.26 Å². The summed E-state index contributed by atoms with van der Waals surface area (Å²) in [6.07, 6.45) is 4.79. The van der Waals surface area contributed by atoms with Crippen molar-refractivity contribution in [1.82, 2.24) is 0 Å². The van der Waals surface area contributed by atoms with Crippen molar-refractivity contribution in [2.45, 2.75) is 17.7 Å². The number of nitrogens with zero attached hydrogens (tertiary/aromatic N) is 2. The highest BCUT2D eigenvalue weighted by Crippen LogP contribution is 2.31. The van der Waals surface area contributed by atoms with Gasteiger partial charge in [-0.1, -0.05) is 30.3 Å². The molecule has 1 aliphatic heterocycles. The molecule has 3 aromatic carbocycles. The fourth-order valence-corrected chi connectivity index (χ4v) is 4.70. The number of amides is 1. The van der Waals surface area contributed by atoms with E-state index in [2.05, 4.69) is 10.8 Å². The van der Waals surface area contributed by atoms with Crippen molar-refractivity contribution in [3.05, 3.63) is 95.6 Å². The lowest BCUT2D eigenvalue weighted by atomic mass is 10.0. The summed E-state index contributed by atoms with van der Waals surface area (Å²) in [7, 11) is -3.68. The first kappa shape index (κ1) is 21.3. The van der Waals surface area contributed by atoms with Gasteiger partial charge in [-0.05, 0) is 72.5 Å². The standard InChI is InChI=1S/C25H21N3O3S/c26-18-20-10-8-19(9-11-20)12-15-25(29)28-16-4-5-21-17-22(13-14-24(21)28)27-32(30,31)23-6-2-1-3-7-23/h1-3,6-15,17,27H,4-5,16H2/b15-12+. The van der Waals surface area contributed by atoms with Crippen LogP contribution in [0.5, 0.6) is 0 Å². The highest BCUT2D eigenvalue weighted by Gasteiger charge is 2.22. The van der Waals surface area contributed by atoms with Crippen LogP contribution in [0.4, 0.5) is 11.4 Å². The quantitative estimate of drug-likeness (QED) is 0.594. The van der Waals surface area contributed by atoms with Gasteiger partial charge in [-0.15, -0.1) is 0 Å². The summed E-state index contributed by atoms with van der Waals surface area (Å²) in [5, 5.41) is 8.88. The molecule has 0 saturated heterocycles. The number of sulfonamides is 1. The van der Waals surface area contributed by atoms with Crippen molar-refractivity contribution in [2.75, 3.05) is 16.2 Å². The van der Waals surface area contributed by atoms with Crippen LogP contribution >= 0.6 is 0 Å². The maximum Gasteiger partial charge on any atom is 0.261 e. The molecule has 1 N–H and O–H groups in total. The Morgan fingerprint density at radius 1 is 1.03 bits per heavy atom. The maximum atomic E-state index is 12.8. The van der Waals surface area contributed by atoms with Gasteiger partial charge in [0.15, 0.2) is 0 Å². The van der Waals surface area contributed by atoms with Crippen LogP contribution in [0.1, 0.15) is 23.1 Å². The predicted molar refractivity (Wildman–Crippen MR) is 125 cm³/mol. The number of benzene rings is 3. The number of carbonyl (C=O) groups excluding carboxylic acids is 1. The topological polar surface area (TPSA) is 90.3 Å². The fourth-order valence-electron chi connectivity index (χ4n) is 3.63. The molecule has 0 unspecified atom stereocenters. The van der Waals surface area contributed by atoms with Gasteiger partial charge in [-0.25, -0.2) is 8.42 Å². The third-order valence-corrected chi connectivity index (χ3v) is 6.63. The van der Waals surface area contributed by atoms with E-state index in [9.17, 15) is 13.2 Å². The second kappa shape index (κ2) is 9.08. The number of nitrogens with one attached hydrogen (secondary N) is 1. The zero-order valence-corrected chi connectivity index (χ0v) is 18.0. The zero-order chi connectivity index (χ0) is 22.6. The number of hydrogen-bond acceptors (Lipinski definition) is 4. The molecule has 0 aromatic heterocycles. The van der Waals surface area contributed by atoms with E-state index >= 15 is 0 Å². The lowest BCUT2D eigenvalue weighted by molar-refractivity contribution is -0.114. The molecule has 160 valence electrons. The van der Waals surface area contributed by atoms with Crippen molar-refractivity contribution in [3.63, 3.8) is 0 Å². The van der Waals surface area contributed by atoms with Crippen LogP contribution in [0.25, 0.3) is 6.08 Å². The number of hydrogen-bond donors (Lipinski definition) is 1. The number of aryl methyl sites for hydroxylation is 1. The summed E-state index contributed by atoms with van der Waals surface area (Å²) < 4.78 is 27.8. The average molecular weight is 444 g/mol. The van der Waals surface area contributed by atoms with E-state index in [0.29, 0.717) is 17.8 Å². The Hall–Kier alpha value is -3.89. The van der Waals surface area contributed by atoms with Crippen molar-refractivity contribution in [2.24, 2.45) is 0 Å². The second-order valence-electron chi connectivity index (χ2n) is 7.42. The van der Waals surface area contributed by atoms with Gasteiger partial charge in [0.1, 0.15) is 0 Å². The molecule has 1 amide bonds. The van der Waals surface area contributed by atoms with Crippen LogP contribution in [-0.2, 0) is 21.2 Å². The summed E-state index contributed by atoms with van der Waals surface area (Å²) in [6, 6.07) is 22.5. The van der Waals surface area contributed by atoms with E-state index in [4.69, 9.17) is 5.26 Å². The molecule has 0 bridgehead atoms. The third kappa shape index (κ3) is 4.71. The highest BCUT2D eigenvalue weighted by molar-refractivity contribution is 7.92. The molecule has 1 heterocycles. The van der Waals surface area contributed by atoms with Gasteiger partial charge < -0.3 is 4.90 Å². The molecule has 3 aromatic rings. The highest BCUT2D eigenvalue weighted by atomic mass is 32.2. The van der Waals surface area contributed by atoms with E-state index in [1.807, 2.05) is 0 Å². The number of anilines is 2. The summed E-state index contributed by atoms with van der Waals surface area (Å²) in [5.41, 5.74) is 3.57. The molecule has 0 aliphatic carbocycles. The molecule has 0 radical (unpaired) electrons. The fraction of sp³-hybridized carbons (Fsp3) is 0.120. The van der Waals surface area contributed by atoms with Gasteiger partial charge >= 0.3 is 0 Å². The van der Waals surface area contributed by atoms with E-state index in [1.54, 1.807) is 83.8 Å². The van der Waals surface area contributed by atoms with E-state index in [-0.39, 0.29) is 10.8 Å². The lowest BCUT2D eigenvalue weighted by Crippen LogP contribution is -2.34. The van der Waals surface area contributed by atoms with Gasteiger partial charge in [0.05, 0.1) is 16.5 Å². The Bertz CT molecular complexity index is 1310. The Labute approximate surface area is 187 Å². The largest absolute Gasteiger partial charge is 0.309 e. The van der Waals surface area contributed by atoms with Crippen LogP contribution in [0.2, 0.25) is 0 Å². The zero-order valence-electron chi connectivity index (χ0n) is 17.2. The Balaban J connectivity index is 1.52. The van der Waals surface area contributed by atoms with Gasteiger partial charge in [0.25, 0.3) is 15.9 Å². The van der Waals surface area contributed by atoms with Crippen LogP contribution in [-0.4, -0.2) is 20.9 Å². The predicted octanol–water partition coefficient (Wildman–Crippen LogP) is 4.35. The van der Waals surface area contributed by atoms with Gasteiger partial charge in [0.2, 0.25) is 0 Å². The van der Waals surface area contributed by atoms with Gasteiger partial charge in [-0.3, -0.25) is 9.52 Å². The SMILES string of the molecule is N#Cc1ccc(/C=C/C(=O)N2CCCc3cc(NS(=O)(=O)c4ccccc4)ccc32)cc1. The lowest BCUT2D eigenvalue weighted by Gasteiger charge is -2.29. The number of fused-ring (bicyclic) bond motifs is 1. The molecular weight excluding hydrogens is 422 g/mol. The molecular formula is C25H21N3O3S. The molecule has 32 heavy (non-hydrogen) atoms.